The normalized spacial score (nSPS) is 9.29. The molecule has 0 aliphatic carbocycles. The molecule has 0 saturated carbocycles. The van der Waals surface area contributed by atoms with Gasteiger partial charge < -0.3 is 4.74 Å². The van der Waals surface area contributed by atoms with Gasteiger partial charge in [0.25, 0.3) is 5.24 Å². The zero-order chi connectivity index (χ0) is 10.7. The molecule has 14 heavy (non-hydrogen) atoms. The molecule has 3 nitrogen and oxygen atoms in total. The maximum absolute atomic E-state index is 13.4. The number of carbonyl (C=O) groups excluding carboxylic acids is 1. The van der Waals surface area contributed by atoms with E-state index in [0.29, 0.717) is 0 Å². The number of methoxy groups -OCH3 is 1. The number of carbonyl (C=O) groups is 1. The van der Waals surface area contributed by atoms with Crippen LogP contribution < -0.4 is 4.74 Å². The van der Waals surface area contributed by atoms with Gasteiger partial charge in [-0.15, -0.1) is 0 Å². The van der Waals surface area contributed by atoms with E-state index in [1.165, 1.54) is 19.2 Å². The van der Waals surface area contributed by atoms with Crippen molar-refractivity contribution in [3.05, 3.63) is 29.1 Å². The summed E-state index contributed by atoms with van der Waals surface area (Å²) in [5, 5.41) is 7.67. The lowest BCUT2D eigenvalue weighted by Crippen LogP contribution is -2.00. The van der Waals surface area contributed by atoms with E-state index in [-0.39, 0.29) is 16.9 Å². The quantitative estimate of drug-likeness (QED) is 0.707. The standard InChI is InChI=1S/C9H5ClFNO2/c1-14-7-3-2-5(9(10)13)8(11)6(7)4-12/h2-3H,1H3. The molecule has 0 N–H and O–H groups in total. The average Bonchev–Trinajstić information content (AvgIpc) is 2.16. The molecule has 1 rings (SSSR count). The number of ether oxygens (including phenoxy) is 1. The molecule has 0 atom stereocenters. The lowest BCUT2D eigenvalue weighted by Gasteiger charge is -2.04. The minimum absolute atomic E-state index is 0.0756. The van der Waals surface area contributed by atoms with Crippen molar-refractivity contribution in [1.82, 2.24) is 0 Å². The van der Waals surface area contributed by atoms with Crippen LogP contribution in [0.5, 0.6) is 5.75 Å². The highest BCUT2D eigenvalue weighted by Gasteiger charge is 2.17. The smallest absolute Gasteiger partial charge is 0.255 e. The molecule has 0 aliphatic heterocycles. The van der Waals surface area contributed by atoms with Gasteiger partial charge in [-0.1, -0.05) is 0 Å². The Bertz CT molecular complexity index is 426. The summed E-state index contributed by atoms with van der Waals surface area (Å²) in [7, 11) is 1.30. The Morgan fingerprint density at radius 2 is 2.29 bits per heavy atom. The summed E-state index contributed by atoms with van der Waals surface area (Å²) in [5.41, 5.74) is -0.650. The van der Waals surface area contributed by atoms with Gasteiger partial charge in [-0.05, 0) is 23.7 Å². The van der Waals surface area contributed by atoms with E-state index < -0.39 is 11.1 Å². The van der Waals surface area contributed by atoms with E-state index in [4.69, 9.17) is 21.6 Å². The molecule has 0 unspecified atom stereocenters. The maximum atomic E-state index is 13.4. The maximum Gasteiger partial charge on any atom is 0.255 e. The summed E-state index contributed by atoms with van der Waals surface area (Å²) in [6, 6.07) is 4.09. The molecule has 5 heteroatoms. The Labute approximate surface area is 84.7 Å². The molecule has 0 aromatic heterocycles. The lowest BCUT2D eigenvalue weighted by atomic mass is 10.1. The van der Waals surface area contributed by atoms with Crippen molar-refractivity contribution < 1.29 is 13.9 Å². The molecule has 1 aromatic rings. The summed E-state index contributed by atoms with van der Waals surface area (Å²) in [6.07, 6.45) is 0. The molecule has 0 amide bonds. The molecule has 72 valence electrons. The van der Waals surface area contributed by atoms with Gasteiger partial charge in [-0.25, -0.2) is 4.39 Å². The van der Waals surface area contributed by atoms with Crippen LogP contribution >= 0.6 is 11.6 Å². The van der Waals surface area contributed by atoms with Crippen molar-refractivity contribution in [2.75, 3.05) is 7.11 Å². The first-order valence-corrected chi connectivity index (χ1v) is 3.96. The Balaban J connectivity index is 3.44. The van der Waals surface area contributed by atoms with Crippen LogP contribution in [0, 0.1) is 17.1 Å². The summed E-state index contributed by atoms with van der Waals surface area (Å²) in [4.78, 5) is 10.7. The monoisotopic (exact) mass is 213 g/mol. The van der Waals surface area contributed by atoms with Gasteiger partial charge in [-0.2, -0.15) is 5.26 Å². The van der Waals surface area contributed by atoms with Crippen LogP contribution in [0.15, 0.2) is 12.1 Å². The van der Waals surface area contributed by atoms with Gasteiger partial charge in [0.15, 0.2) is 5.82 Å². The second-order valence-electron chi connectivity index (χ2n) is 2.39. The van der Waals surface area contributed by atoms with Crippen molar-refractivity contribution >= 4 is 16.8 Å². The molecule has 1 aromatic carbocycles. The Morgan fingerprint density at radius 3 is 2.71 bits per heavy atom. The van der Waals surface area contributed by atoms with Gasteiger partial charge in [0.2, 0.25) is 0 Å². The third kappa shape index (κ3) is 1.68. The predicted molar refractivity (Wildman–Crippen MR) is 47.9 cm³/mol. The fourth-order valence-electron chi connectivity index (χ4n) is 0.984. The number of nitriles is 1. The van der Waals surface area contributed by atoms with E-state index in [1.807, 2.05) is 0 Å². The summed E-state index contributed by atoms with van der Waals surface area (Å²) in [5.74, 6) is -0.876. The fraction of sp³-hybridized carbons (Fsp3) is 0.111. The first kappa shape index (κ1) is 10.5. The highest BCUT2D eigenvalue weighted by molar-refractivity contribution is 6.67. The topological polar surface area (TPSA) is 50.1 Å². The third-order valence-electron chi connectivity index (χ3n) is 1.65. The average molecular weight is 214 g/mol. The highest BCUT2D eigenvalue weighted by atomic mass is 35.5. The van der Waals surface area contributed by atoms with Crippen LogP contribution in [-0.4, -0.2) is 12.4 Å². The molecule has 0 spiro atoms. The van der Waals surface area contributed by atoms with E-state index in [9.17, 15) is 9.18 Å². The minimum atomic E-state index is -0.952. The number of hydrogen-bond acceptors (Lipinski definition) is 3. The van der Waals surface area contributed by atoms with Crippen molar-refractivity contribution in [2.24, 2.45) is 0 Å². The molecule has 0 bridgehead atoms. The third-order valence-corrected chi connectivity index (χ3v) is 1.85. The molecular weight excluding hydrogens is 209 g/mol. The van der Waals surface area contributed by atoms with Gasteiger partial charge >= 0.3 is 0 Å². The molecule has 0 heterocycles. The Morgan fingerprint density at radius 1 is 1.64 bits per heavy atom. The van der Waals surface area contributed by atoms with Crippen molar-refractivity contribution in [2.45, 2.75) is 0 Å². The van der Waals surface area contributed by atoms with Crippen LogP contribution in [0.2, 0.25) is 0 Å². The second-order valence-corrected chi connectivity index (χ2v) is 2.73. The molecular formula is C9H5ClFNO2. The van der Waals surface area contributed by atoms with Crippen molar-refractivity contribution in [3.8, 4) is 11.8 Å². The lowest BCUT2D eigenvalue weighted by molar-refractivity contribution is 0.107. The number of rotatable bonds is 2. The SMILES string of the molecule is COc1ccc(C(=O)Cl)c(F)c1C#N. The largest absolute Gasteiger partial charge is 0.495 e. The first-order valence-electron chi connectivity index (χ1n) is 3.58. The van der Waals surface area contributed by atoms with Crippen molar-refractivity contribution in [3.63, 3.8) is 0 Å². The summed E-state index contributed by atoms with van der Waals surface area (Å²) in [6.45, 7) is 0. The second kappa shape index (κ2) is 4.07. The first-order chi connectivity index (χ1) is 6.61. The van der Waals surface area contributed by atoms with Crippen LogP contribution in [0.25, 0.3) is 0 Å². The summed E-state index contributed by atoms with van der Waals surface area (Å²) < 4.78 is 18.1. The minimum Gasteiger partial charge on any atom is -0.495 e. The van der Waals surface area contributed by atoms with Gasteiger partial charge in [0.1, 0.15) is 17.4 Å². The number of hydrogen-bond donors (Lipinski definition) is 0. The molecule has 0 fully saturated rings. The predicted octanol–water partition coefficient (Wildman–Crippen LogP) is 2.08. The van der Waals surface area contributed by atoms with Crippen LogP contribution in [0.1, 0.15) is 15.9 Å². The Kier molecular flexibility index (Phi) is 3.05. The van der Waals surface area contributed by atoms with E-state index >= 15 is 0 Å². The van der Waals surface area contributed by atoms with E-state index in [1.54, 1.807) is 6.07 Å². The van der Waals surface area contributed by atoms with Gasteiger partial charge in [-0.3, -0.25) is 4.79 Å². The van der Waals surface area contributed by atoms with Crippen LogP contribution in [0.3, 0.4) is 0 Å². The molecule has 0 saturated heterocycles. The number of halogens is 2. The van der Waals surface area contributed by atoms with E-state index in [0.717, 1.165) is 0 Å². The van der Waals surface area contributed by atoms with Crippen molar-refractivity contribution in [1.29, 1.82) is 5.26 Å². The Hall–Kier alpha value is -1.60. The summed E-state index contributed by atoms with van der Waals surface area (Å²) >= 11 is 5.10. The van der Waals surface area contributed by atoms with Gasteiger partial charge in [0, 0.05) is 0 Å². The van der Waals surface area contributed by atoms with Crippen LogP contribution in [-0.2, 0) is 0 Å². The zero-order valence-electron chi connectivity index (χ0n) is 7.17. The zero-order valence-corrected chi connectivity index (χ0v) is 7.93. The fourth-order valence-corrected chi connectivity index (χ4v) is 1.13. The molecule has 0 aliphatic rings. The highest BCUT2D eigenvalue weighted by Crippen LogP contribution is 2.24. The van der Waals surface area contributed by atoms with Crippen LogP contribution in [0.4, 0.5) is 4.39 Å². The van der Waals surface area contributed by atoms with E-state index in [2.05, 4.69) is 0 Å². The number of benzene rings is 1. The molecule has 0 radical (unpaired) electrons. The number of nitrogens with zero attached hydrogens (tertiary/aromatic N) is 1. The van der Waals surface area contributed by atoms with Gasteiger partial charge in [0.05, 0.1) is 12.7 Å².